The first kappa shape index (κ1) is 35.1. The van der Waals surface area contributed by atoms with Crippen molar-refractivity contribution < 1.29 is 14.3 Å². The summed E-state index contributed by atoms with van der Waals surface area (Å²) < 4.78 is 6.66. The van der Waals surface area contributed by atoms with Gasteiger partial charge in [0.25, 0.3) is 11.5 Å². The average Bonchev–Trinajstić information content (AvgIpc) is 3.97. The average molecular weight is 716 g/mol. The SMILES string of the molecule is Cc1ccccc1NC(=O)c1c2c3c(c(Nc4cccc(C5CC5)c4)cc(Oc4ccc(C(C)(C)CC(C)(C)C)cc4)c3[nH]c1=O)C(=O)c1ccccc1-2. The smallest absolute Gasteiger partial charge is 0.262 e. The Labute approximate surface area is 315 Å². The van der Waals surface area contributed by atoms with Crippen LogP contribution in [-0.4, -0.2) is 16.7 Å². The van der Waals surface area contributed by atoms with Gasteiger partial charge in [0, 0.05) is 34.0 Å². The third-order valence-corrected chi connectivity index (χ3v) is 10.6. The van der Waals surface area contributed by atoms with Gasteiger partial charge in [-0.2, -0.15) is 0 Å². The van der Waals surface area contributed by atoms with Crippen molar-refractivity contribution in [2.75, 3.05) is 10.6 Å². The number of para-hydroxylation sites is 1. The number of benzene rings is 5. The fourth-order valence-electron chi connectivity index (χ4n) is 8.25. The topological polar surface area (TPSA) is 100 Å². The normalized spacial score (nSPS) is 13.8. The summed E-state index contributed by atoms with van der Waals surface area (Å²) in [6.07, 6.45) is 3.32. The van der Waals surface area contributed by atoms with Gasteiger partial charge in [0.15, 0.2) is 11.5 Å². The van der Waals surface area contributed by atoms with Gasteiger partial charge in [0.05, 0.1) is 16.8 Å². The predicted molar refractivity (Wildman–Crippen MR) is 218 cm³/mol. The van der Waals surface area contributed by atoms with Gasteiger partial charge in [-0.15, -0.1) is 0 Å². The Morgan fingerprint density at radius 2 is 1.50 bits per heavy atom. The van der Waals surface area contributed by atoms with E-state index in [1.54, 1.807) is 30.3 Å². The highest BCUT2D eigenvalue weighted by Crippen LogP contribution is 2.48. The van der Waals surface area contributed by atoms with E-state index in [0.717, 1.165) is 30.5 Å². The Balaban J connectivity index is 1.33. The minimum absolute atomic E-state index is 0.0582. The molecule has 0 bridgehead atoms. The molecule has 54 heavy (non-hydrogen) atoms. The number of nitrogens with one attached hydrogen (secondary N) is 3. The summed E-state index contributed by atoms with van der Waals surface area (Å²) >= 11 is 0. The summed E-state index contributed by atoms with van der Waals surface area (Å²) in [5.41, 5.74) is 6.72. The Bertz CT molecular complexity index is 2540. The zero-order valence-electron chi connectivity index (χ0n) is 31.6. The number of aromatic amines is 1. The second-order valence-electron chi connectivity index (χ2n) is 16.7. The van der Waals surface area contributed by atoms with E-state index in [2.05, 4.69) is 74.5 Å². The number of ether oxygens (including phenoxy) is 1. The molecule has 7 heteroatoms. The van der Waals surface area contributed by atoms with E-state index in [0.29, 0.717) is 61.9 Å². The number of amides is 1. The van der Waals surface area contributed by atoms with Gasteiger partial charge in [-0.25, -0.2) is 0 Å². The molecule has 2 aliphatic carbocycles. The minimum atomic E-state index is -0.583. The molecule has 0 unspecified atom stereocenters. The van der Waals surface area contributed by atoms with Gasteiger partial charge in [-0.05, 0) is 95.5 Å². The highest BCUT2D eigenvalue weighted by molar-refractivity contribution is 6.31. The summed E-state index contributed by atoms with van der Waals surface area (Å²) in [5.74, 6) is 0.694. The van der Waals surface area contributed by atoms with Crippen LogP contribution in [0.2, 0.25) is 0 Å². The quantitative estimate of drug-likeness (QED) is 0.138. The number of aryl methyl sites for hydroxylation is 1. The largest absolute Gasteiger partial charge is 0.455 e. The molecule has 272 valence electrons. The number of ketones is 1. The number of hydrogen-bond donors (Lipinski definition) is 3. The van der Waals surface area contributed by atoms with Gasteiger partial charge in [-0.3, -0.25) is 14.4 Å². The number of anilines is 3. The lowest BCUT2D eigenvalue weighted by Gasteiger charge is -2.33. The van der Waals surface area contributed by atoms with Gasteiger partial charge in [0.1, 0.15) is 11.3 Å². The minimum Gasteiger partial charge on any atom is -0.455 e. The number of H-pyrrole nitrogens is 1. The Hall–Kier alpha value is -5.95. The Morgan fingerprint density at radius 1 is 0.796 bits per heavy atom. The van der Waals surface area contributed by atoms with Crippen LogP contribution in [0.4, 0.5) is 17.1 Å². The summed E-state index contributed by atoms with van der Waals surface area (Å²) in [5, 5.41) is 6.97. The number of aromatic nitrogens is 1. The van der Waals surface area contributed by atoms with Crippen molar-refractivity contribution in [3.8, 4) is 22.6 Å². The molecule has 0 spiro atoms. The number of rotatable bonds is 9. The molecule has 1 fully saturated rings. The maximum Gasteiger partial charge on any atom is 0.262 e. The fraction of sp³-hybridized carbons (Fsp3) is 0.255. The fourth-order valence-corrected chi connectivity index (χ4v) is 8.25. The molecule has 1 amide bonds. The highest BCUT2D eigenvalue weighted by Gasteiger charge is 2.35. The van der Waals surface area contributed by atoms with Crippen LogP contribution in [0.15, 0.2) is 108 Å². The Kier molecular flexibility index (Phi) is 8.56. The molecule has 1 saturated carbocycles. The number of carbonyl (C=O) groups is 2. The Morgan fingerprint density at radius 3 is 2.20 bits per heavy atom. The van der Waals surface area contributed by atoms with Gasteiger partial charge < -0.3 is 20.4 Å². The molecule has 5 aromatic carbocycles. The molecule has 8 rings (SSSR count). The predicted octanol–water partition coefficient (Wildman–Crippen LogP) is 11.4. The van der Waals surface area contributed by atoms with E-state index in [9.17, 15) is 14.4 Å². The van der Waals surface area contributed by atoms with Crippen molar-refractivity contribution in [3.63, 3.8) is 0 Å². The van der Waals surface area contributed by atoms with Gasteiger partial charge >= 0.3 is 0 Å². The number of hydrogen-bond acceptors (Lipinski definition) is 5. The van der Waals surface area contributed by atoms with Crippen molar-refractivity contribution in [3.05, 3.63) is 147 Å². The van der Waals surface area contributed by atoms with Crippen LogP contribution in [0.1, 0.15) is 103 Å². The second kappa shape index (κ2) is 13.2. The molecule has 0 atom stereocenters. The van der Waals surface area contributed by atoms with E-state index < -0.39 is 11.5 Å². The summed E-state index contributed by atoms with van der Waals surface area (Å²) in [6, 6.07) is 32.7. The maximum atomic E-state index is 14.6. The van der Waals surface area contributed by atoms with Crippen molar-refractivity contribution in [1.29, 1.82) is 0 Å². The molecule has 0 aliphatic heterocycles. The van der Waals surface area contributed by atoms with E-state index >= 15 is 0 Å². The van der Waals surface area contributed by atoms with E-state index in [-0.39, 0.29) is 22.2 Å². The first-order valence-corrected chi connectivity index (χ1v) is 18.7. The third kappa shape index (κ3) is 6.59. The molecule has 6 aromatic rings. The van der Waals surface area contributed by atoms with Crippen molar-refractivity contribution >= 4 is 39.7 Å². The molecular weight excluding hydrogens is 671 g/mol. The molecule has 0 radical (unpaired) electrons. The van der Waals surface area contributed by atoms with Crippen LogP contribution in [0, 0.1) is 12.3 Å². The van der Waals surface area contributed by atoms with Crippen molar-refractivity contribution in [2.24, 2.45) is 5.41 Å². The van der Waals surface area contributed by atoms with Crippen LogP contribution in [0.5, 0.6) is 11.5 Å². The van der Waals surface area contributed by atoms with Crippen LogP contribution >= 0.6 is 0 Å². The first-order valence-electron chi connectivity index (χ1n) is 18.7. The van der Waals surface area contributed by atoms with E-state index in [1.165, 1.54) is 11.1 Å². The van der Waals surface area contributed by atoms with Crippen LogP contribution < -0.4 is 20.9 Å². The highest BCUT2D eigenvalue weighted by atomic mass is 16.5. The van der Waals surface area contributed by atoms with Crippen LogP contribution in [0.25, 0.3) is 22.0 Å². The standard InChI is InChI=1S/C47H45N3O4/c1-27-12-7-10-17-35(27)49-44(52)41-38-33-15-8-9-16-34(33)43(51)39-36(48-31-14-11-13-29(24-31)28-18-19-28)25-37(42(40(38)39)50-45(41)53)54-32-22-20-30(21-23-32)47(5,6)26-46(2,3)4/h7-17,20-25,28,48H,18-19,26H2,1-6H3,(H,49,52)(H,50,53). The lowest BCUT2D eigenvalue weighted by molar-refractivity contribution is 0.102. The lowest BCUT2D eigenvalue weighted by Crippen LogP contribution is -2.27. The maximum absolute atomic E-state index is 14.6. The van der Waals surface area contributed by atoms with E-state index in [1.807, 2.05) is 55.5 Å². The number of pyridine rings is 1. The number of carbonyl (C=O) groups excluding carboxylic acids is 2. The number of fused-ring (bicyclic) bond motifs is 2. The summed E-state index contributed by atoms with van der Waals surface area (Å²) in [6.45, 7) is 13.2. The van der Waals surface area contributed by atoms with Crippen LogP contribution in [-0.2, 0) is 5.41 Å². The van der Waals surface area contributed by atoms with Gasteiger partial charge in [-0.1, -0.05) is 101 Å². The zero-order chi connectivity index (χ0) is 37.9. The van der Waals surface area contributed by atoms with Gasteiger partial charge in [0.2, 0.25) is 0 Å². The summed E-state index contributed by atoms with van der Waals surface area (Å²) in [4.78, 5) is 46.1. The molecule has 3 N–H and O–H groups in total. The molecular formula is C47H45N3O4. The zero-order valence-corrected chi connectivity index (χ0v) is 31.6. The monoisotopic (exact) mass is 715 g/mol. The van der Waals surface area contributed by atoms with E-state index in [4.69, 9.17) is 4.74 Å². The van der Waals surface area contributed by atoms with Crippen molar-refractivity contribution in [2.45, 2.75) is 72.1 Å². The van der Waals surface area contributed by atoms with Crippen LogP contribution in [0.3, 0.4) is 0 Å². The van der Waals surface area contributed by atoms with Crippen molar-refractivity contribution in [1.82, 2.24) is 4.98 Å². The molecule has 7 nitrogen and oxygen atoms in total. The summed E-state index contributed by atoms with van der Waals surface area (Å²) in [7, 11) is 0. The molecule has 2 aliphatic rings. The molecule has 1 heterocycles. The third-order valence-electron chi connectivity index (χ3n) is 10.6. The molecule has 0 saturated heterocycles. The first-order chi connectivity index (χ1) is 25.8. The molecule has 1 aromatic heterocycles. The lowest BCUT2D eigenvalue weighted by atomic mass is 9.72. The second-order valence-corrected chi connectivity index (χ2v) is 16.7.